The van der Waals surface area contributed by atoms with Gasteiger partial charge in [0.2, 0.25) is 10.0 Å². The van der Waals surface area contributed by atoms with E-state index in [1.54, 1.807) is 38.1 Å². The van der Waals surface area contributed by atoms with Crippen molar-refractivity contribution in [3.8, 4) is 11.5 Å². The molecule has 0 aromatic heterocycles. The van der Waals surface area contributed by atoms with Gasteiger partial charge >= 0.3 is 0 Å². The zero-order valence-corrected chi connectivity index (χ0v) is 18.9. The molecule has 32 heavy (non-hydrogen) atoms. The third-order valence-electron chi connectivity index (χ3n) is 4.34. The number of hydrogen-bond acceptors (Lipinski definition) is 6. The second-order valence-corrected chi connectivity index (χ2v) is 8.31. The van der Waals surface area contributed by atoms with Crippen molar-refractivity contribution < 1.29 is 31.9 Å². The fraction of sp³-hybridized carbons (Fsp3) is 0.333. The van der Waals surface area contributed by atoms with Crippen LogP contribution in [0.5, 0.6) is 11.5 Å². The van der Waals surface area contributed by atoms with Crippen LogP contribution in [0.1, 0.15) is 31.1 Å². The van der Waals surface area contributed by atoms with Gasteiger partial charge in [-0.3, -0.25) is 20.4 Å². The van der Waals surface area contributed by atoms with E-state index in [4.69, 9.17) is 9.47 Å². The van der Waals surface area contributed by atoms with Gasteiger partial charge in [-0.2, -0.15) is 4.31 Å². The Bertz CT molecular complexity index is 1060. The molecule has 0 heterocycles. The second-order valence-electron chi connectivity index (χ2n) is 6.41. The molecular formula is C21H26FN3O6S. The van der Waals surface area contributed by atoms with E-state index in [1.807, 2.05) is 6.92 Å². The van der Waals surface area contributed by atoms with Crippen LogP contribution in [0.4, 0.5) is 4.39 Å². The van der Waals surface area contributed by atoms with Crippen LogP contribution in [0.3, 0.4) is 0 Å². The molecule has 2 aromatic rings. The van der Waals surface area contributed by atoms with Gasteiger partial charge in [0, 0.05) is 18.7 Å². The Morgan fingerprint density at radius 3 is 2.19 bits per heavy atom. The number of benzene rings is 2. The lowest BCUT2D eigenvalue weighted by Crippen LogP contribution is -2.44. The molecule has 2 rings (SSSR count). The van der Waals surface area contributed by atoms with E-state index in [0.29, 0.717) is 18.1 Å². The predicted octanol–water partition coefficient (Wildman–Crippen LogP) is 2.09. The van der Waals surface area contributed by atoms with Crippen molar-refractivity contribution in [3.05, 3.63) is 53.8 Å². The number of amides is 2. The maximum absolute atomic E-state index is 14.2. The summed E-state index contributed by atoms with van der Waals surface area (Å²) >= 11 is 0. The van der Waals surface area contributed by atoms with Gasteiger partial charge in [-0.05, 0) is 37.3 Å². The summed E-state index contributed by atoms with van der Waals surface area (Å²) in [5.74, 6) is -1.62. The van der Waals surface area contributed by atoms with Crippen molar-refractivity contribution in [2.45, 2.75) is 25.7 Å². The summed E-state index contributed by atoms with van der Waals surface area (Å²) in [5.41, 5.74) is 4.17. The van der Waals surface area contributed by atoms with E-state index < -0.39 is 39.2 Å². The summed E-state index contributed by atoms with van der Waals surface area (Å²) in [5, 5.41) is 0. The topological polar surface area (TPSA) is 114 Å². The van der Waals surface area contributed by atoms with Gasteiger partial charge in [0.1, 0.15) is 10.7 Å². The minimum atomic E-state index is -4.11. The van der Waals surface area contributed by atoms with Gasteiger partial charge in [0.25, 0.3) is 11.8 Å². The number of ether oxygens (including phenoxy) is 2. The molecule has 11 heteroatoms. The highest BCUT2D eigenvalue weighted by Gasteiger charge is 2.26. The molecule has 9 nitrogen and oxygen atoms in total. The van der Waals surface area contributed by atoms with E-state index >= 15 is 0 Å². The summed E-state index contributed by atoms with van der Waals surface area (Å²) in [6.45, 7) is 5.38. The number of carbonyl (C=O) groups excluding carboxylic acids is 2. The predicted molar refractivity (Wildman–Crippen MR) is 115 cm³/mol. The first-order valence-corrected chi connectivity index (χ1v) is 11.4. The molecule has 0 atom stereocenters. The van der Waals surface area contributed by atoms with Gasteiger partial charge in [-0.15, -0.1) is 0 Å². The number of hydrogen-bond donors (Lipinski definition) is 2. The molecule has 0 saturated carbocycles. The van der Waals surface area contributed by atoms with E-state index in [9.17, 15) is 22.4 Å². The van der Waals surface area contributed by atoms with Crippen LogP contribution in [0, 0.1) is 5.82 Å². The van der Waals surface area contributed by atoms with E-state index in [-0.39, 0.29) is 18.7 Å². The molecule has 174 valence electrons. The molecule has 2 amide bonds. The summed E-state index contributed by atoms with van der Waals surface area (Å²) < 4.78 is 51.3. The van der Waals surface area contributed by atoms with Crippen LogP contribution in [0.2, 0.25) is 0 Å². The van der Waals surface area contributed by atoms with Gasteiger partial charge in [0.15, 0.2) is 18.1 Å². The van der Waals surface area contributed by atoms with Crippen LogP contribution >= 0.6 is 0 Å². The molecule has 0 unspecified atom stereocenters. The first-order chi connectivity index (χ1) is 15.2. The maximum atomic E-state index is 14.2. The minimum Gasteiger partial charge on any atom is -0.490 e. The van der Waals surface area contributed by atoms with E-state index in [1.165, 1.54) is 0 Å². The van der Waals surface area contributed by atoms with Crippen molar-refractivity contribution in [3.63, 3.8) is 0 Å². The lowest BCUT2D eigenvalue weighted by Gasteiger charge is -2.19. The van der Waals surface area contributed by atoms with Crippen molar-refractivity contribution in [2.75, 3.05) is 26.3 Å². The highest BCUT2D eigenvalue weighted by Crippen LogP contribution is 2.26. The smallest absolute Gasteiger partial charge is 0.276 e. The molecular weight excluding hydrogens is 441 g/mol. The molecule has 0 aliphatic carbocycles. The molecule has 2 aromatic carbocycles. The number of hydrazine groups is 1. The second kappa shape index (κ2) is 11.4. The van der Waals surface area contributed by atoms with Gasteiger partial charge in [0.05, 0.1) is 6.61 Å². The Morgan fingerprint density at radius 2 is 1.59 bits per heavy atom. The lowest BCUT2D eigenvalue weighted by atomic mass is 10.2. The maximum Gasteiger partial charge on any atom is 0.276 e. The van der Waals surface area contributed by atoms with Crippen LogP contribution in [-0.2, 0) is 14.8 Å². The Hall–Kier alpha value is -3.18. The van der Waals surface area contributed by atoms with Gasteiger partial charge in [-0.25, -0.2) is 12.8 Å². The average molecular weight is 468 g/mol. The highest BCUT2D eigenvalue weighted by molar-refractivity contribution is 7.89. The van der Waals surface area contributed by atoms with E-state index in [0.717, 1.165) is 22.5 Å². The Labute approximate surface area is 186 Å². The Balaban J connectivity index is 2.02. The van der Waals surface area contributed by atoms with Gasteiger partial charge < -0.3 is 9.47 Å². The van der Waals surface area contributed by atoms with E-state index in [2.05, 4.69) is 10.9 Å². The number of para-hydroxylation sites is 2. The number of carbonyl (C=O) groups is 2. The largest absolute Gasteiger partial charge is 0.490 e. The molecule has 0 spiro atoms. The first-order valence-electron chi connectivity index (χ1n) is 9.98. The molecule has 0 aliphatic heterocycles. The molecule has 0 bridgehead atoms. The number of nitrogens with one attached hydrogen (secondary N) is 2. The summed E-state index contributed by atoms with van der Waals surface area (Å²) in [6.07, 6.45) is 0. The van der Waals surface area contributed by atoms with Crippen molar-refractivity contribution >= 4 is 21.8 Å². The van der Waals surface area contributed by atoms with Crippen LogP contribution < -0.4 is 20.3 Å². The molecule has 0 aliphatic rings. The van der Waals surface area contributed by atoms with Crippen molar-refractivity contribution in [1.82, 2.24) is 15.2 Å². The Kier molecular flexibility index (Phi) is 8.97. The van der Waals surface area contributed by atoms with Crippen molar-refractivity contribution in [1.29, 1.82) is 0 Å². The summed E-state index contributed by atoms with van der Waals surface area (Å²) in [4.78, 5) is 23.7. The van der Waals surface area contributed by atoms with Crippen molar-refractivity contribution in [2.24, 2.45) is 0 Å². The average Bonchev–Trinajstić information content (AvgIpc) is 2.77. The summed E-state index contributed by atoms with van der Waals surface area (Å²) in [7, 11) is -4.11. The molecule has 0 radical (unpaired) electrons. The normalized spacial score (nSPS) is 11.2. The third-order valence-corrected chi connectivity index (χ3v) is 6.40. The highest BCUT2D eigenvalue weighted by atomic mass is 32.2. The number of halogens is 1. The standard InChI is InChI=1S/C21H26FN3O6S/c1-4-25(5-2)32(28,29)19-13-15(11-12-16(19)22)21(27)24-23-20(26)14-31-18-10-8-7-9-17(18)30-6-3/h7-13H,4-6,14H2,1-3H3,(H,23,26)(H,24,27). The minimum absolute atomic E-state index is 0.139. The zero-order chi connectivity index (χ0) is 23.7. The quantitative estimate of drug-likeness (QED) is 0.518. The monoisotopic (exact) mass is 467 g/mol. The van der Waals surface area contributed by atoms with Gasteiger partial charge in [-0.1, -0.05) is 26.0 Å². The third kappa shape index (κ3) is 6.17. The number of sulfonamides is 1. The van der Waals surface area contributed by atoms with Crippen LogP contribution in [0.15, 0.2) is 47.4 Å². The zero-order valence-electron chi connectivity index (χ0n) is 18.1. The number of rotatable bonds is 10. The van der Waals surface area contributed by atoms with Crippen LogP contribution in [-0.4, -0.2) is 50.8 Å². The molecule has 0 saturated heterocycles. The Morgan fingerprint density at radius 1 is 0.969 bits per heavy atom. The summed E-state index contributed by atoms with van der Waals surface area (Å²) in [6, 6.07) is 9.74. The molecule has 2 N–H and O–H groups in total. The lowest BCUT2D eigenvalue weighted by molar-refractivity contribution is -0.123. The SMILES string of the molecule is CCOc1ccccc1OCC(=O)NNC(=O)c1ccc(F)c(S(=O)(=O)N(CC)CC)c1. The number of nitrogens with zero attached hydrogens (tertiary/aromatic N) is 1. The fourth-order valence-electron chi connectivity index (χ4n) is 2.77. The first kappa shape index (κ1) is 25.1. The van der Waals surface area contributed by atoms with Crippen LogP contribution in [0.25, 0.3) is 0 Å². The molecule has 0 fully saturated rings. The fourth-order valence-corrected chi connectivity index (χ4v) is 4.32.